The number of hydrogen-bond donors (Lipinski definition) is 4. The first-order valence-electron chi connectivity index (χ1n) is 8.00. The number of fused-ring (bicyclic) bond motifs is 3. The molecule has 4 N–H and O–H groups in total. The lowest BCUT2D eigenvalue weighted by atomic mass is 10.0. The highest BCUT2D eigenvalue weighted by Crippen LogP contribution is 2.48. The van der Waals surface area contributed by atoms with Gasteiger partial charge in [-0.05, 0) is 29.8 Å². The van der Waals surface area contributed by atoms with Crippen LogP contribution in [0.5, 0.6) is 34.5 Å². The summed E-state index contributed by atoms with van der Waals surface area (Å²) in [7, 11) is 2.98. The molecule has 7 nitrogen and oxygen atoms in total. The van der Waals surface area contributed by atoms with Crippen LogP contribution in [0.3, 0.4) is 0 Å². The lowest BCUT2D eigenvalue weighted by Crippen LogP contribution is -1.92. The molecule has 0 saturated heterocycles. The monoisotopic (exact) mass is 368 g/mol. The van der Waals surface area contributed by atoms with Crippen molar-refractivity contribution in [3.8, 4) is 45.6 Å². The fraction of sp³-hybridized carbons (Fsp3) is 0.100. The third-order valence-electron chi connectivity index (χ3n) is 4.47. The number of furan rings is 1. The van der Waals surface area contributed by atoms with E-state index in [-0.39, 0.29) is 23.0 Å². The Hall–Kier alpha value is -3.74. The predicted octanol–water partition coefficient (Wildman–Crippen LogP) is 4.09. The van der Waals surface area contributed by atoms with E-state index >= 15 is 0 Å². The second kappa shape index (κ2) is 5.91. The lowest BCUT2D eigenvalue weighted by Gasteiger charge is -2.13. The van der Waals surface area contributed by atoms with E-state index in [1.54, 1.807) is 12.1 Å². The number of phenolic OH excluding ortho intramolecular Hbond substituents is 4. The third-order valence-corrected chi connectivity index (χ3v) is 4.47. The Bertz CT molecular complexity index is 1190. The van der Waals surface area contributed by atoms with E-state index in [9.17, 15) is 20.4 Å². The zero-order valence-corrected chi connectivity index (χ0v) is 14.5. The minimum atomic E-state index is -0.303. The van der Waals surface area contributed by atoms with Crippen molar-refractivity contribution in [3.05, 3.63) is 36.4 Å². The van der Waals surface area contributed by atoms with Crippen molar-refractivity contribution in [2.75, 3.05) is 14.2 Å². The van der Waals surface area contributed by atoms with E-state index in [1.807, 2.05) is 0 Å². The number of benzene rings is 3. The Labute approximate surface area is 153 Å². The van der Waals surface area contributed by atoms with Crippen LogP contribution in [0, 0.1) is 0 Å². The molecular formula is C20H16O7. The van der Waals surface area contributed by atoms with Gasteiger partial charge in [-0.3, -0.25) is 0 Å². The van der Waals surface area contributed by atoms with Crippen molar-refractivity contribution >= 4 is 21.9 Å². The highest BCUT2D eigenvalue weighted by Gasteiger charge is 2.22. The van der Waals surface area contributed by atoms with Crippen LogP contribution in [-0.4, -0.2) is 34.6 Å². The maximum atomic E-state index is 9.86. The summed E-state index contributed by atoms with van der Waals surface area (Å²) in [5.41, 5.74) is 1.86. The molecule has 0 aliphatic heterocycles. The van der Waals surface area contributed by atoms with Crippen LogP contribution in [0.25, 0.3) is 33.1 Å². The molecule has 0 fully saturated rings. The Kier molecular flexibility index (Phi) is 3.66. The molecule has 0 aliphatic rings. The van der Waals surface area contributed by atoms with Gasteiger partial charge in [0.1, 0.15) is 11.3 Å². The average Bonchev–Trinajstić information content (AvgIpc) is 3.01. The lowest BCUT2D eigenvalue weighted by molar-refractivity contribution is 0.402. The summed E-state index contributed by atoms with van der Waals surface area (Å²) >= 11 is 0. The molecule has 0 unspecified atom stereocenters. The molecule has 0 radical (unpaired) electrons. The molecule has 4 rings (SSSR count). The zero-order chi connectivity index (χ0) is 19.3. The summed E-state index contributed by atoms with van der Waals surface area (Å²) < 4.78 is 16.9. The van der Waals surface area contributed by atoms with Crippen molar-refractivity contribution in [1.29, 1.82) is 0 Å². The van der Waals surface area contributed by atoms with Gasteiger partial charge in [0.25, 0.3) is 0 Å². The quantitative estimate of drug-likeness (QED) is 0.403. The van der Waals surface area contributed by atoms with E-state index < -0.39 is 0 Å². The van der Waals surface area contributed by atoms with Gasteiger partial charge in [-0.15, -0.1) is 0 Å². The van der Waals surface area contributed by atoms with Crippen LogP contribution >= 0.6 is 0 Å². The summed E-state index contributed by atoms with van der Waals surface area (Å²) in [4.78, 5) is 0. The number of ether oxygens (including phenoxy) is 2. The van der Waals surface area contributed by atoms with Gasteiger partial charge >= 0.3 is 0 Å². The maximum absolute atomic E-state index is 9.86. The molecule has 1 aromatic heterocycles. The first kappa shape index (κ1) is 16.7. The molecule has 0 atom stereocenters. The van der Waals surface area contributed by atoms with Gasteiger partial charge in [-0.25, -0.2) is 0 Å². The molecule has 0 amide bonds. The fourth-order valence-corrected chi connectivity index (χ4v) is 3.19. The Morgan fingerprint density at radius 1 is 0.778 bits per heavy atom. The standard InChI is InChI=1S/C20H16O7/c1-25-17-7-10(9-3-4-12(21)13(22)5-9)19(26-2)20-18(17)11-6-14(23)15(24)8-16(11)27-20/h3-8,21-24H,1-2H3. The minimum Gasteiger partial charge on any atom is -0.504 e. The van der Waals surface area contributed by atoms with Gasteiger partial charge in [0.15, 0.2) is 34.3 Å². The summed E-state index contributed by atoms with van der Waals surface area (Å²) in [6, 6.07) is 8.82. The molecule has 4 aromatic rings. The van der Waals surface area contributed by atoms with E-state index in [2.05, 4.69) is 0 Å². The smallest absolute Gasteiger partial charge is 0.181 e. The highest BCUT2D eigenvalue weighted by molar-refractivity contribution is 6.13. The van der Waals surface area contributed by atoms with Crippen molar-refractivity contribution in [3.63, 3.8) is 0 Å². The second-order valence-electron chi connectivity index (χ2n) is 6.01. The normalized spacial score (nSPS) is 11.2. The SMILES string of the molecule is COc1c(-c2ccc(O)c(O)c2)cc(OC)c2c1oc1cc(O)c(O)cc12. The molecule has 0 saturated carbocycles. The predicted molar refractivity (Wildman–Crippen MR) is 98.9 cm³/mol. The zero-order valence-electron chi connectivity index (χ0n) is 14.5. The fourth-order valence-electron chi connectivity index (χ4n) is 3.19. The van der Waals surface area contributed by atoms with E-state index in [0.29, 0.717) is 44.6 Å². The third kappa shape index (κ3) is 2.43. The number of methoxy groups -OCH3 is 2. The number of rotatable bonds is 3. The average molecular weight is 368 g/mol. The van der Waals surface area contributed by atoms with Crippen LogP contribution in [0.1, 0.15) is 0 Å². The minimum absolute atomic E-state index is 0.236. The van der Waals surface area contributed by atoms with Crippen molar-refractivity contribution in [1.82, 2.24) is 0 Å². The van der Waals surface area contributed by atoms with Crippen molar-refractivity contribution in [2.24, 2.45) is 0 Å². The Morgan fingerprint density at radius 3 is 2.15 bits per heavy atom. The van der Waals surface area contributed by atoms with E-state index in [1.165, 1.54) is 38.5 Å². The number of hydrogen-bond acceptors (Lipinski definition) is 7. The highest BCUT2D eigenvalue weighted by atomic mass is 16.5. The second-order valence-corrected chi connectivity index (χ2v) is 6.01. The largest absolute Gasteiger partial charge is 0.504 e. The topological polar surface area (TPSA) is 113 Å². The summed E-state index contributed by atoms with van der Waals surface area (Å²) in [5, 5.41) is 40.2. The molecule has 0 bridgehead atoms. The number of phenols is 4. The van der Waals surface area contributed by atoms with Crippen LogP contribution in [0.4, 0.5) is 0 Å². The van der Waals surface area contributed by atoms with Crippen LogP contribution < -0.4 is 9.47 Å². The van der Waals surface area contributed by atoms with Gasteiger partial charge in [-0.1, -0.05) is 6.07 Å². The maximum Gasteiger partial charge on any atom is 0.181 e. The molecule has 1 heterocycles. The molecule has 138 valence electrons. The first-order valence-corrected chi connectivity index (χ1v) is 8.00. The van der Waals surface area contributed by atoms with Crippen molar-refractivity contribution in [2.45, 2.75) is 0 Å². The van der Waals surface area contributed by atoms with Crippen LogP contribution in [0.2, 0.25) is 0 Å². The molecule has 7 heteroatoms. The van der Waals surface area contributed by atoms with Crippen LogP contribution in [0.15, 0.2) is 40.8 Å². The van der Waals surface area contributed by atoms with Crippen LogP contribution in [-0.2, 0) is 0 Å². The van der Waals surface area contributed by atoms with Gasteiger partial charge in [0.05, 0.1) is 19.6 Å². The van der Waals surface area contributed by atoms with Gasteiger partial charge in [-0.2, -0.15) is 0 Å². The van der Waals surface area contributed by atoms with Crippen molar-refractivity contribution < 1.29 is 34.3 Å². The number of aromatic hydroxyl groups is 4. The summed E-state index contributed by atoms with van der Waals surface area (Å²) in [6.07, 6.45) is 0. The molecule has 0 aliphatic carbocycles. The molecular weight excluding hydrogens is 352 g/mol. The summed E-state index contributed by atoms with van der Waals surface area (Å²) in [6.45, 7) is 0. The Balaban J connectivity index is 2.12. The van der Waals surface area contributed by atoms with Gasteiger partial charge < -0.3 is 34.3 Å². The van der Waals surface area contributed by atoms with Gasteiger partial charge in [0, 0.05) is 17.0 Å². The first-order chi connectivity index (χ1) is 12.9. The molecule has 27 heavy (non-hydrogen) atoms. The van der Waals surface area contributed by atoms with E-state index in [4.69, 9.17) is 13.9 Å². The summed E-state index contributed by atoms with van der Waals surface area (Å²) in [5.74, 6) is -0.251. The van der Waals surface area contributed by atoms with E-state index in [0.717, 1.165) is 0 Å². The molecule has 3 aromatic carbocycles. The van der Waals surface area contributed by atoms with Gasteiger partial charge in [0.2, 0.25) is 0 Å². The molecule has 0 spiro atoms. The Morgan fingerprint density at radius 2 is 1.48 bits per heavy atom.